The van der Waals surface area contributed by atoms with Crippen molar-refractivity contribution in [3.63, 3.8) is 0 Å². The highest BCUT2D eigenvalue weighted by atomic mass is 16.2. The Bertz CT molecular complexity index is 796. The Labute approximate surface area is 152 Å². The first kappa shape index (κ1) is 16.7. The molecule has 0 atom stereocenters. The number of hydrogen-bond donors (Lipinski definition) is 2. The molecule has 4 rings (SSSR count). The van der Waals surface area contributed by atoms with E-state index >= 15 is 0 Å². The molecule has 2 heterocycles. The van der Waals surface area contributed by atoms with Gasteiger partial charge in [-0.3, -0.25) is 4.79 Å². The summed E-state index contributed by atoms with van der Waals surface area (Å²) in [6, 6.07) is 7.48. The molecule has 1 amide bonds. The van der Waals surface area contributed by atoms with E-state index in [0.29, 0.717) is 50.2 Å². The molecule has 0 radical (unpaired) electrons. The molecule has 1 aliphatic carbocycles. The highest BCUT2D eigenvalue weighted by Crippen LogP contribution is 2.38. The third-order valence-corrected chi connectivity index (χ3v) is 4.89. The summed E-state index contributed by atoms with van der Waals surface area (Å²) >= 11 is 0. The second-order valence-corrected chi connectivity index (χ2v) is 6.81. The summed E-state index contributed by atoms with van der Waals surface area (Å²) in [5.74, 6) is 2.17. The summed E-state index contributed by atoms with van der Waals surface area (Å²) in [4.78, 5) is 29.7. The van der Waals surface area contributed by atoms with Crippen LogP contribution in [0.25, 0.3) is 0 Å². The van der Waals surface area contributed by atoms with Gasteiger partial charge < -0.3 is 21.3 Å². The fourth-order valence-electron chi connectivity index (χ4n) is 3.14. The van der Waals surface area contributed by atoms with Crippen LogP contribution in [0.4, 0.5) is 11.9 Å². The molecule has 0 spiro atoms. The van der Waals surface area contributed by atoms with Gasteiger partial charge in [0.25, 0.3) is 5.91 Å². The zero-order chi connectivity index (χ0) is 18.1. The lowest BCUT2D eigenvalue weighted by Crippen LogP contribution is -2.49. The number of anilines is 2. The van der Waals surface area contributed by atoms with E-state index in [1.807, 2.05) is 29.2 Å². The van der Waals surface area contributed by atoms with Crippen LogP contribution in [-0.4, -0.2) is 51.9 Å². The average Bonchev–Trinajstić information content (AvgIpc) is 3.52. The van der Waals surface area contributed by atoms with E-state index in [2.05, 4.69) is 19.9 Å². The number of aromatic nitrogens is 3. The van der Waals surface area contributed by atoms with Crippen molar-refractivity contribution < 1.29 is 4.79 Å². The standard InChI is InChI=1S/C18H23N7O/c19-11-12-1-3-14(4-2-12)16(26)24-7-9-25(10-8-24)18-22-15(13-5-6-13)21-17(20)23-18/h1-4,13H,5-11,19H2,(H2,20,21,22,23). The van der Waals surface area contributed by atoms with Crippen molar-refractivity contribution in [2.75, 3.05) is 36.8 Å². The lowest BCUT2D eigenvalue weighted by molar-refractivity contribution is 0.0746. The Kier molecular flexibility index (Phi) is 4.42. The summed E-state index contributed by atoms with van der Waals surface area (Å²) < 4.78 is 0. The van der Waals surface area contributed by atoms with E-state index in [9.17, 15) is 4.79 Å². The Morgan fingerprint density at radius 2 is 1.73 bits per heavy atom. The fourth-order valence-corrected chi connectivity index (χ4v) is 3.14. The zero-order valence-electron chi connectivity index (χ0n) is 14.6. The minimum Gasteiger partial charge on any atom is -0.368 e. The molecule has 26 heavy (non-hydrogen) atoms. The van der Waals surface area contributed by atoms with Crippen LogP contribution in [0.1, 0.15) is 40.5 Å². The molecule has 8 nitrogen and oxygen atoms in total. The van der Waals surface area contributed by atoms with E-state index in [1.165, 1.54) is 0 Å². The molecule has 4 N–H and O–H groups in total. The van der Waals surface area contributed by atoms with Crippen molar-refractivity contribution in [3.05, 3.63) is 41.2 Å². The van der Waals surface area contributed by atoms with Gasteiger partial charge in [0, 0.05) is 44.2 Å². The maximum Gasteiger partial charge on any atom is 0.253 e. The number of rotatable bonds is 4. The third kappa shape index (κ3) is 3.45. The first-order valence-electron chi connectivity index (χ1n) is 8.98. The predicted octanol–water partition coefficient (Wildman–Crippen LogP) is 0.752. The van der Waals surface area contributed by atoms with Crippen LogP contribution in [-0.2, 0) is 6.54 Å². The summed E-state index contributed by atoms with van der Waals surface area (Å²) in [7, 11) is 0. The first-order valence-corrected chi connectivity index (χ1v) is 8.98. The largest absolute Gasteiger partial charge is 0.368 e. The topological polar surface area (TPSA) is 114 Å². The normalized spacial score (nSPS) is 17.4. The zero-order valence-corrected chi connectivity index (χ0v) is 14.6. The van der Waals surface area contributed by atoms with E-state index in [0.717, 1.165) is 24.2 Å². The molecule has 2 aliphatic rings. The average molecular weight is 353 g/mol. The van der Waals surface area contributed by atoms with Crippen LogP contribution in [0.5, 0.6) is 0 Å². The molecule has 1 aromatic heterocycles. The van der Waals surface area contributed by atoms with Gasteiger partial charge in [0.1, 0.15) is 5.82 Å². The Balaban J connectivity index is 1.41. The van der Waals surface area contributed by atoms with Crippen LogP contribution in [0.2, 0.25) is 0 Å². The maximum atomic E-state index is 12.7. The van der Waals surface area contributed by atoms with Crippen molar-refractivity contribution in [2.24, 2.45) is 5.73 Å². The van der Waals surface area contributed by atoms with Crippen molar-refractivity contribution in [3.8, 4) is 0 Å². The molecule has 1 saturated carbocycles. The highest BCUT2D eigenvalue weighted by Gasteiger charge is 2.29. The molecule has 0 unspecified atom stereocenters. The van der Waals surface area contributed by atoms with Crippen LogP contribution in [0.15, 0.2) is 24.3 Å². The number of carbonyl (C=O) groups is 1. The highest BCUT2D eigenvalue weighted by molar-refractivity contribution is 5.94. The molecular weight excluding hydrogens is 330 g/mol. The number of hydrogen-bond acceptors (Lipinski definition) is 7. The van der Waals surface area contributed by atoms with Gasteiger partial charge in [-0.2, -0.15) is 15.0 Å². The first-order chi connectivity index (χ1) is 12.6. The summed E-state index contributed by atoms with van der Waals surface area (Å²) in [5, 5.41) is 0. The second-order valence-electron chi connectivity index (χ2n) is 6.81. The number of benzene rings is 1. The van der Waals surface area contributed by atoms with Gasteiger partial charge in [0.05, 0.1) is 0 Å². The maximum absolute atomic E-state index is 12.7. The number of piperazine rings is 1. The van der Waals surface area contributed by atoms with Crippen LogP contribution >= 0.6 is 0 Å². The van der Waals surface area contributed by atoms with E-state index in [1.54, 1.807) is 0 Å². The minimum atomic E-state index is 0.0436. The number of nitrogens with zero attached hydrogens (tertiary/aromatic N) is 5. The number of amides is 1. The van der Waals surface area contributed by atoms with Crippen molar-refractivity contribution in [2.45, 2.75) is 25.3 Å². The Morgan fingerprint density at radius 3 is 2.35 bits per heavy atom. The molecule has 2 fully saturated rings. The molecule has 0 bridgehead atoms. The molecule has 1 aromatic carbocycles. The predicted molar refractivity (Wildman–Crippen MR) is 98.7 cm³/mol. The Morgan fingerprint density at radius 1 is 1.04 bits per heavy atom. The third-order valence-electron chi connectivity index (χ3n) is 4.89. The Hall–Kier alpha value is -2.74. The van der Waals surface area contributed by atoms with Gasteiger partial charge >= 0.3 is 0 Å². The van der Waals surface area contributed by atoms with Gasteiger partial charge in [-0.25, -0.2) is 0 Å². The lowest BCUT2D eigenvalue weighted by atomic mass is 10.1. The second kappa shape index (κ2) is 6.87. The van der Waals surface area contributed by atoms with E-state index < -0.39 is 0 Å². The summed E-state index contributed by atoms with van der Waals surface area (Å²) in [6.07, 6.45) is 2.24. The number of carbonyl (C=O) groups excluding carboxylic acids is 1. The molecule has 1 aliphatic heterocycles. The quantitative estimate of drug-likeness (QED) is 0.833. The number of nitrogen functional groups attached to an aromatic ring is 1. The molecular formula is C18H23N7O. The van der Waals surface area contributed by atoms with Crippen LogP contribution in [0.3, 0.4) is 0 Å². The molecule has 136 valence electrons. The number of nitrogens with two attached hydrogens (primary N) is 2. The van der Waals surface area contributed by atoms with E-state index in [4.69, 9.17) is 11.5 Å². The van der Waals surface area contributed by atoms with Gasteiger partial charge in [0.15, 0.2) is 0 Å². The van der Waals surface area contributed by atoms with Crippen molar-refractivity contribution in [1.29, 1.82) is 0 Å². The smallest absolute Gasteiger partial charge is 0.253 e. The molecule has 2 aromatic rings. The van der Waals surface area contributed by atoms with Crippen molar-refractivity contribution in [1.82, 2.24) is 19.9 Å². The van der Waals surface area contributed by atoms with Gasteiger partial charge in [-0.1, -0.05) is 12.1 Å². The summed E-state index contributed by atoms with van der Waals surface area (Å²) in [6.45, 7) is 3.09. The van der Waals surface area contributed by atoms with E-state index in [-0.39, 0.29) is 11.9 Å². The lowest BCUT2D eigenvalue weighted by Gasteiger charge is -2.34. The van der Waals surface area contributed by atoms with Gasteiger partial charge in [-0.05, 0) is 30.5 Å². The van der Waals surface area contributed by atoms with Gasteiger partial charge in [0.2, 0.25) is 11.9 Å². The SMILES string of the molecule is NCc1ccc(C(=O)N2CCN(c3nc(N)nc(C4CC4)n3)CC2)cc1. The minimum absolute atomic E-state index is 0.0436. The van der Waals surface area contributed by atoms with Crippen molar-refractivity contribution >= 4 is 17.8 Å². The van der Waals surface area contributed by atoms with Gasteiger partial charge in [-0.15, -0.1) is 0 Å². The fraction of sp³-hybridized carbons (Fsp3) is 0.444. The van der Waals surface area contributed by atoms with Crippen LogP contribution < -0.4 is 16.4 Å². The monoisotopic (exact) mass is 353 g/mol. The molecule has 1 saturated heterocycles. The molecule has 8 heteroatoms. The van der Waals surface area contributed by atoms with Crippen LogP contribution in [0, 0.1) is 0 Å². The summed E-state index contributed by atoms with van der Waals surface area (Å²) in [5.41, 5.74) is 13.2.